The number of phosphoric acid groups is 2. The molecule has 0 bridgehead atoms. The van der Waals surface area contributed by atoms with Crippen LogP contribution in [0.1, 0.15) is 0 Å². The standard InChI is InChI=1S/2C13H11N3.2H3O4P/c2*14-10-6-2-1-5-9(10)13-15-11-7-3-4-8-12(11)16-13;2*1-5(2,3)4/h2*1-8H,14H2,(H,15,16);2*(H3,1,2,3,4). The molecular weight excluding hydrogens is 586 g/mol. The van der Waals surface area contributed by atoms with Crippen LogP contribution < -0.4 is 31.2 Å². The van der Waals surface area contributed by atoms with Crippen molar-refractivity contribution in [2.75, 3.05) is 11.5 Å². The fraction of sp³-hybridized carbons (Fsp3) is 0. The average molecular weight is 614 g/mol. The zero-order chi connectivity index (χ0) is 30.9. The largest absolute Gasteiger partial charge is 0.756 e. The van der Waals surface area contributed by atoms with Crippen LogP contribution in [-0.2, 0) is 9.13 Å². The summed E-state index contributed by atoms with van der Waals surface area (Å²) in [6.07, 6.45) is 0. The molecule has 2 aromatic heterocycles. The van der Waals surface area contributed by atoms with Gasteiger partial charge in [-0.25, -0.2) is 19.9 Å². The third-order valence-corrected chi connectivity index (χ3v) is 5.35. The van der Waals surface area contributed by atoms with E-state index in [2.05, 4.69) is 19.9 Å². The predicted molar refractivity (Wildman–Crippen MR) is 153 cm³/mol. The first-order valence-electron chi connectivity index (χ1n) is 11.9. The predicted octanol–water partition coefficient (Wildman–Crippen LogP) is 1.34. The lowest BCUT2D eigenvalue weighted by molar-refractivity contribution is -0.330. The van der Waals surface area contributed by atoms with Gasteiger partial charge in [0.1, 0.15) is 0 Å². The van der Waals surface area contributed by atoms with E-state index in [0.717, 1.165) is 56.2 Å². The molecule has 0 aliphatic carbocycles. The van der Waals surface area contributed by atoms with Gasteiger partial charge in [-0.05, 0) is 48.5 Å². The number of imidazole rings is 2. The number of para-hydroxylation sites is 6. The van der Waals surface area contributed by atoms with Gasteiger partial charge in [0.2, 0.25) is 0 Å². The topological polar surface area (TPSA) is 273 Å². The number of H-pyrrole nitrogens is 4. The van der Waals surface area contributed by atoms with Crippen LogP contribution in [0.5, 0.6) is 0 Å². The Morgan fingerprint density at radius 1 is 0.548 bits per heavy atom. The number of nitrogens with one attached hydrogen (secondary N) is 4. The summed E-state index contributed by atoms with van der Waals surface area (Å²) in [4.78, 5) is 59.1. The Morgan fingerprint density at radius 2 is 0.833 bits per heavy atom. The van der Waals surface area contributed by atoms with Crippen LogP contribution in [0.25, 0.3) is 44.8 Å². The molecule has 2 heterocycles. The lowest BCUT2D eigenvalue weighted by atomic mass is 10.2. The fourth-order valence-electron chi connectivity index (χ4n) is 3.72. The van der Waals surface area contributed by atoms with Gasteiger partial charge < -0.3 is 40.8 Å². The van der Waals surface area contributed by atoms with Gasteiger partial charge in [-0.3, -0.25) is 9.13 Å². The van der Waals surface area contributed by atoms with E-state index in [1.165, 1.54) is 0 Å². The van der Waals surface area contributed by atoms with E-state index in [0.29, 0.717) is 0 Å². The highest BCUT2D eigenvalue weighted by molar-refractivity contribution is 7.43. The molecule has 6 aromatic rings. The lowest BCUT2D eigenvalue weighted by Crippen LogP contribution is -2.04. The molecule has 0 unspecified atom stereocenters. The van der Waals surface area contributed by atoms with Gasteiger partial charge in [-0.15, -0.1) is 0 Å². The monoisotopic (exact) mass is 614 g/mol. The average Bonchev–Trinajstić information content (AvgIpc) is 3.52. The maximum Gasteiger partial charge on any atom is 0.287 e. The Kier molecular flexibility index (Phi) is 10.7. The van der Waals surface area contributed by atoms with E-state index in [4.69, 9.17) is 50.0 Å². The summed E-state index contributed by atoms with van der Waals surface area (Å²) in [7, 11) is -9.78. The molecule has 0 amide bonds. The zero-order valence-corrected chi connectivity index (χ0v) is 23.5. The van der Waals surface area contributed by atoms with Gasteiger partial charge in [-0.2, -0.15) is 0 Å². The van der Waals surface area contributed by atoms with Crippen molar-refractivity contribution in [1.82, 2.24) is 9.97 Å². The number of nitrogen functional groups attached to an aromatic ring is 2. The Labute approximate surface area is 238 Å². The Balaban J connectivity index is 0.000000176. The smallest absolute Gasteiger partial charge is 0.287 e. The molecule has 0 aliphatic heterocycles. The minimum atomic E-state index is -4.89. The molecule has 14 nitrogen and oxygen atoms in total. The van der Waals surface area contributed by atoms with Crippen molar-refractivity contribution in [3.8, 4) is 22.8 Å². The molecule has 220 valence electrons. The minimum Gasteiger partial charge on any atom is -0.756 e. The van der Waals surface area contributed by atoms with Crippen molar-refractivity contribution in [1.29, 1.82) is 0 Å². The third-order valence-electron chi connectivity index (χ3n) is 5.35. The summed E-state index contributed by atoms with van der Waals surface area (Å²) < 4.78 is 17.5. The third kappa shape index (κ3) is 10.6. The lowest BCUT2D eigenvalue weighted by Gasteiger charge is -2.01. The van der Waals surface area contributed by atoms with E-state index in [1.807, 2.05) is 97.1 Å². The molecule has 12 N–H and O–H groups in total. The van der Waals surface area contributed by atoms with Crippen molar-refractivity contribution in [2.24, 2.45) is 0 Å². The molecule has 0 radical (unpaired) electrons. The van der Waals surface area contributed by atoms with Crippen LogP contribution >= 0.6 is 15.6 Å². The van der Waals surface area contributed by atoms with E-state index < -0.39 is 15.6 Å². The minimum absolute atomic E-state index is 0.769. The summed E-state index contributed by atoms with van der Waals surface area (Å²) in [5.74, 6) is 1.89. The number of nitrogens with two attached hydrogens (primary N) is 2. The first-order valence-corrected chi connectivity index (χ1v) is 15.0. The number of anilines is 2. The van der Waals surface area contributed by atoms with Gasteiger partial charge >= 0.3 is 0 Å². The van der Waals surface area contributed by atoms with Crippen molar-refractivity contribution in [3.05, 3.63) is 97.1 Å². The molecule has 0 atom stereocenters. The Hall–Kier alpha value is -4.36. The van der Waals surface area contributed by atoms with E-state index in [9.17, 15) is 0 Å². The second-order valence-electron chi connectivity index (χ2n) is 8.50. The Bertz CT molecular complexity index is 1650. The summed E-state index contributed by atoms with van der Waals surface area (Å²) in [5, 5.41) is 0. The summed E-state index contributed by atoms with van der Waals surface area (Å²) in [5.41, 5.74) is 19.7. The summed E-state index contributed by atoms with van der Waals surface area (Å²) in [6.45, 7) is 0. The van der Waals surface area contributed by atoms with Crippen molar-refractivity contribution in [2.45, 2.75) is 0 Å². The summed E-state index contributed by atoms with van der Waals surface area (Å²) >= 11 is 0. The van der Waals surface area contributed by atoms with Gasteiger partial charge in [0, 0.05) is 11.4 Å². The van der Waals surface area contributed by atoms with Crippen LogP contribution in [0, 0.1) is 0 Å². The number of aromatic amines is 4. The van der Waals surface area contributed by atoms with E-state index >= 15 is 0 Å². The SMILES string of the molecule is Nc1ccccc1-c1[nH]c2ccccc2[nH+]1.Nc1ccccc1-c1[nH]c2ccccc2[nH+]1.O=P([O-])(O)O.O=P([O-])(O)O. The first kappa shape index (κ1) is 32.2. The molecule has 0 fully saturated rings. The number of rotatable bonds is 2. The van der Waals surface area contributed by atoms with Crippen LogP contribution in [0.15, 0.2) is 97.1 Å². The maximum absolute atomic E-state index is 8.77. The number of benzene rings is 4. The quantitative estimate of drug-likeness (QED) is 0.102. The van der Waals surface area contributed by atoms with Crippen LogP contribution in [-0.4, -0.2) is 29.5 Å². The van der Waals surface area contributed by atoms with Gasteiger partial charge in [0.25, 0.3) is 27.3 Å². The van der Waals surface area contributed by atoms with Gasteiger partial charge in [0.15, 0.2) is 22.1 Å². The number of aromatic nitrogens is 4. The van der Waals surface area contributed by atoms with Crippen LogP contribution in [0.2, 0.25) is 0 Å². The Morgan fingerprint density at radius 3 is 1.14 bits per heavy atom. The van der Waals surface area contributed by atoms with E-state index in [1.54, 1.807) is 0 Å². The summed E-state index contributed by atoms with van der Waals surface area (Å²) in [6, 6.07) is 31.8. The molecule has 16 heteroatoms. The fourth-order valence-corrected chi connectivity index (χ4v) is 3.72. The zero-order valence-electron chi connectivity index (χ0n) is 21.7. The molecular formula is C26H28N6O8P2. The number of hydrogen-bond donors (Lipinski definition) is 8. The van der Waals surface area contributed by atoms with Crippen molar-refractivity contribution in [3.63, 3.8) is 0 Å². The molecule has 4 aromatic carbocycles. The second-order valence-corrected chi connectivity index (χ2v) is 10.5. The maximum atomic E-state index is 8.77. The molecule has 0 spiro atoms. The van der Waals surface area contributed by atoms with Crippen molar-refractivity contribution < 1.29 is 48.5 Å². The number of hydrogen-bond acceptors (Lipinski definition) is 6. The highest BCUT2D eigenvalue weighted by Crippen LogP contribution is 2.23. The molecule has 0 saturated heterocycles. The van der Waals surface area contributed by atoms with Gasteiger partial charge in [0.05, 0.1) is 11.1 Å². The highest BCUT2D eigenvalue weighted by atomic mass is 31.2. The second kappa shape index (κ2) is 14.0. The van der Waals surface area contributed by atoms with E-state index in [-0.39, 0.29) is 0 Å². The van der Waals surface area contributed by atoms with Crippen molar-refractivity contribution >= 4 is 49.1 Å². The first-order chi connectivity index (χ1) is 19.7. The van der Waals surface area contributed by atoms with Crippen LogP contribution in [0.4, 0.5) is 11.4 Å². The molecule has 0 aliphatic rings. The normalized spacial score (nSPS) is 11.0. The highest BCUT2D eigenvalue weighted by Gasteiger charge is 2.14. The number of fused-ring (bicyclic) bond motifs is 2. The molecule has 42 heavy (non-hydrogen) atoms. The van der Waals surface area contributed by atoms with Gasteiger partial charge in [-0.1, -0.05) is 48.5 Å². The van der Waals surface area contributed by atoms with Crippen LogP contribution in [0.3, 0.4) is 0 Å². The molecule has 6 rings (SSSR count). The molecule has 0 saturated carbocycles.